The van der Waals surface area contributed by atoms with Crippen molar-refractivity contribution < 1.29 is 0 Å². The predicted molar refractivity (Wildman–Crippen MR) is 130 cm³/mol. The summed E-state index contributed by atoms with van der Waals surface area (Å²) in [6.45, 7) is 1.97. The highest BCUT2D eigenvalue weighted by Crippen LogP contribution is 2.35. The molecule has 1 aliphatic rings. The maximum atomic E-state index is 13.0. The Morgan fingerprint density at radius 3 is 2.28 bits per heavy atom. The molecule has 1 aliphatic heterocycles. The van der Waals surface area contributed by atoms with E-state index in [-0.39, 0.29) is 11.5 Å². The van der Waals surface area contributed by atoms with Crippen molar-refractivity contribution in [1.29, 1.82) is 0 Å². The van der Waals surface area contributed by atoms with Crippen LogP contribution < -0.4 is 5.56 Å². The van der Waals surface area contributed by atoms with E-state index in [1.165, 1.54) is 6.07 Å². The number of para-hydroxylation sites is 1. The van der Waals surface area contributed by atoms with Gasteiger partial charge in [0.25, 0.3) is 5.56 Å². The Kier molecular flexibility index (Phi) is 5.72. The van der Waals surface area contributed by atoms with Crippen LogP contribution in [0.1, 0.15) is 24.6 Å². The van der Waals surface area contributed by atoms with Crippen molar-refractivity contribution in [2.75, 3.05) is 20.1 Å². The second-order valence-electron chi connectivity index (χ2n) is 8.18. The lowest BCUT2D eigenvalue weighted by atomic mass is 9.95. The third kappa shape index (κ3) is 3.81. The van der Waals surface area contributed by atoms with Gasteiger partial charge in [0.2, 0.25) is 0 Å². The molecule has 2 aromatic heterocycles. The Morgan fingerprint density at radius 2 is 1.56 bits per heavy atom. The van der Waals surface area contributed by atoms with Gasteiger partial charge in [0.1, 0.15) is 5.82 Å². The maximum Gasteiger partial charge on any atom is 0.256 e. The summed E-state index contributed by atoms with van der Waals surface area (Å²) >= 11 is 13.1. The molecule has 0 radical (unpaired) electrons. The van der Waals surface area contributed by atoms with Gasteiger partial charge in [-0.2, -0.15) is 0 Å². The summed E-state index contributed by atoms with van der Waals surface area (Å²) in [5.41, 5.74) is 2.51. The standard InChI is InChI=1S/C25H22Cl2N4O/c1-30-14-12-16(13-15-30)24-28-23(17-6-2-3-7-19(17)26)18-10-11-22(32)31(25(18)29-24)21-9-5-4-8-20(21)27/h2-11,16H,12-15H2,1H3. The van der Waals surface area contributed by atoms with Crippen LogP contribution in [0.15, 0.2) is 65.5 Å². The second-order valence-corrected chi connectivity index (χ2v) is 9.00. The molecule has 0 bridgehead atoms. The molecule has 0 spiro atoms. The number of rotatable bonds is 3. The van der Waals surface area contributed by atoms with Crippen LogP contribution in [0.5, 0.6) is 0 Å². The highest BCUT2D eigenvalue weighted by atomic mass is 35.5. The van der Waals surface area contributed by atoms with E-state index in [1.54, 1.807) is 16.7 Å². The van der Waals surface area contributed by atoms with Gasteiger partial charge in [-0.25, -0.2) is 9.97 Å². The van der Waals surface area contributed by atoms with Crippen LogP contribution in [0, 0.1) is 0 Å². The molecule has 32 heavy (non-hydrogen) atoms. The van der Waals surface area contributed by atoms with Crippen molar-refractivity contribution in [3.63, 3.8) is 0 Å². The zero-order chi connectivity index (χ0) is 22.2. The van der Waals surface area contributed by atoms with Crippen molar-refractivity contribution in [1.82, 2.24) is 19.4 Å². The highest BCUT2D eigenvalue weighted by molar-refractivity contribution is 6.33. The van der Waals surface area contributed by atoms with E-state index in [0.29, 0.717) is 21.4 Å². The first-order valence-corrected chi connectivity index (χ1v) is 11.4. The third-order valence-corrected chi connectivity index (χ3v) is 6.72. The van der Waals surface area contributed by atoms with E-state index in [1.807, 2.05) is 42.5 Å². The van der Waals surface area contributed by atoms with E-state index in [9.17, 15) is 4.79 Å². The van der Waals surface area contributed by atoms with Gasteiger partial charge in [0.15, 0.2) is 5.65 Å². The number of halogens is 2. The van der Waals surface area contributed by atoms with Crippen LogP contribution in [-0.2, 0) is 0 Å². The number of hydrogen-bond donors (Lipinski definition) is 0. The monoisotopic (exact) mass is 464 g/mol. The van der Waals surface area contributed by atoms with Gasteiger partial charge in [0.05, 0.1) is 16.4 Å². The normalized spacial score (nSPS) is 15.3. The molecule has 0 saturated carbocycles. The number of nitrogens with zero attached hydrogens (tertiary/aromatic N) is 4. The molecular weight excluding hydrogens is 443 g/mol. The number of pyridine rings is 1. The van der Waals surface area contributed by atoms with Crippen LogP contribution in [0.3, 0.4) is 0 Å². The zero-order valence-electron chi connectivity index (χ0n) is 17.6. The lowest BCUT2D eigenvalue weighted by molar-refractivity contribution is 0.251. The summed E-state index contributed by atoms with van der Waals surface area (Å²) in [5, 5.41) is 1.85. The molecule has 7 heteroatoms. The fourth-order valence-corrected chi connectivity index (χ4v) is 4.75. The van der Waals surface area contributed by atoms with Crippen molar-refractivity contribution in [2.45, 2.75) is 18.8 Å². The fourth-order valence-electron chi connectivity index (χ4n) is 4.31. The molecule has 5 nitrogen and oxygen atoms in total. The smallest absolute Gasteiger partial charge is 0.256 e. The molecule has 0 aliphatic carbocycles. The third-order valence-electron chi connectivity index (χ3n) is 6.07. The minimum Gasteiger partial charge on any atom is -0.306 e. The Hall–Kier alpha value is -2.73. The zero-order valence-corrected chi connectivity index (χ0v) is 19.1. The van der Waals surface area contributed by atoms with E-state index in [2.05, 4.69) is 11.9 Å². The van der Waals surface area contributed by atoms with Gasteiger partial charge < -0.3 is 4.90 Å². The molecule has 1 saturated heterocycles. The van der Waals surface area contributed by atoms with E-state index in [4.69, 9.17) is 33.2 Å². The summed E-state index contributed by atoms with van der Waals surface area (Å²) in [4.78, 5) is 25.3. The first kappa shape index (κ1) is 21.1. The topological polar surface area (TPSA) is 51.0 Å². The first-order chi connectivity index (χ1) is 15.5. The van der Waals surface area contributed by atoms with Gasteiger partial charge in [-0.15, -0.1) is 0 Å². The van der Waals surface area contributed by atoms with E-state index < -0.39 is 0 Å². The largest absolute Gasteiger partial charge is 0.306 e. The Labute approximate surface area is 196 Å². The molecule has 3 heterocycles. The van der Waals surface area contributed by atoms with Gasteiger partial charge in [-0.3, -0.25) is 9.36 Å². The minimum absolute atomic E-state index is 0.191. The van der Waals surface area contributed by atoms with Crippen LogP contribution in [0.25, 0.3) is 28.0 Å². The molecule has 0 atom stereocenters. The summed E-state index contributed by atoms with van der Waals surface area (Å²) in [6.07, 6.45) is 1.93. The van der Waals surface area contributed by atoms with Gasteiger partial charge in [-0.05, 0) is 57.2 Å². The van der Waals surface area contributed by atoms with Crippen LogP contribution in [0.2, 0.25) is 10.0 Å². The average molecular weight is 465 g/mol. The molecule has 1 fully saturated rings. The first-order valence-electron chi connectivity index (χ1n) is 10.6. The lowest BCUT2D eigenvalue weighted by Crippen LogP contribution is -2.30. The molecule has 0 N–H and O–H groups in total. The number of benzene rings is 2. The van der Waals surface area contributed by atoms with Crippen LogP contribution in [0.4, 0.5) is 0 Å². The van der Waals surface area contributed by atoms with Crippen LogP contribution >= 0.6 is 23.2 Å². The van der Waals surface area contributed by atoms with Crippen LogP contribution in [-0.4, -0.2) is 39.6 Å². The quantitative estimate of drug-likeness (QED) is 0.397. The number of aromatic nitrogens is 3. The summed E-state index contributed by atoms with van der Waals surface area (Å²) in [5.74, 6) is 0.957. The van der Waals surface area contributed by atoms with Gasteiger partial charge in [0, 0.05) is 28.0 Å². The second kappa shape index (κ2) is 8.66. The molecule has 0 unspecified atom stereocenters. The van der Waals surface area contributed by atoms with Gasteiger partial charge in [-0.1, -0.05) is 53.5 Å². The maximum absolute atomic E-state index is 13.0. The number of likely N-dealkylation sites (tertiary alicyclic amines) is 1. The Balaban J connectivity index is 1.83. The van der Waals surface area contributed by atoms with Crippen molar-refractivity contribution in [2.24, 2.45) is 0 Å². The van der Waals surface area contributed by atoms with Gasteiger partial charge >= 0.3 is 0 Å². The van der Waals surface area contributed by atoms with E-state index in [0.717, 1.165) is 48.4 Å². The summed E-state index contributed by atoms with van der Waals surface area (Å²) in [6, 6.07) is 18.3. The molecule has 5 rings (SSSR count). The molecular formula is C25H22Cl2N4O. The summed E-state index contributed by atoms with van der Waals surface area (Å²) in [7, 11) is 2.13. The average Bonchev–Trinajstić information content (AvgIpc) is 2.80. The van der Waals surface area contributed by atoms with E-state index >= 15 is 0 Å². The lowest BCUT2D eigenvalue weighted by Gasteiger charge is -2.28. The molecule has 4 aromatic rings. The predicted octanol–water partition coefficient (Wildman–Crippen LogP) is 5.56. The van der Waals surface area contributed by atoms with Crippen molar-refractivity contribution in [3.05, 3.63) is 86.9 Å². The fraction of sp³-hybridized carbons (Fsp3) is 0.240. The number of piperidine rings is 1. The molecule has 2 aromatic carbocycles. The van der Waals surface area contributed by atoms with Crippen molar-refractivity contribution in [3.8, 4) is 16.9 Å². The highest BCUT2D eigenvalue weighted by Gasteiger charge is 2.24. The Bertz CT molecular complexity index is 1360. The van der Waals surface area contributed by atoms with Crippen molar-refractivity contribution >= 4 is 34.2 Å². The number of hydrogen-bond acceptors (Lipinski definition) is 4. The SMILES string of the molecule is CN1CCC(c2nc(-c3ccccc3Cl)c3ccc(=O)n(-c4ccccc4Cl)c3n2)CC1. The Morgan fingerprint density at radius 1 is 0.875 bits per heavy atom. The number of fused-ring (bicyclic) bond motifs is 1. The minimum atomic E-state index is -0.191. The molecule has 0 amide bonds. The molecule has 162 valence electrons. The summed E-state index contributed by atoms with van der Waals surface area (Å²) < 4.78 is 1.58.